The van der Waals surface area contributed by atoms with Crippen molar-refractivity contribution in [3.63, 3.8) is 0 Å². The largest absolute Gasteiger partial charge is 0.340 e. The molecule has 0 aliphatic heterocycles. The topological polar surface area (TPSA) is 99.2 Å². The molecule has 0 aliphatic rings. The third-order valence-corrected chi connectivity index (χ3v) is 6.45. The molecule has 0 amide bonds. The Morgan fingerprint density at radius 2 is 1.31 bits per heavy atom. The molecule has 4 heterocycles. The van der Waals surface area contributed by atoms with Crippen LogP contribution in [0.2, 0.25) is 10.4 Å². The molecule has 0 radical (unpaired) electrons. The first kappa shape index (κ1) is 27.9. The van der Waals surface area contributed by atoms with E-state index in [0.717, 1.165) is 27.8 Å². The predicted octanol–water partition coefficient (Wildman–Crippen LogP) is 6.70. The molecule has 0 fully saturated rings. The van der Waals surface area contributed by atoms with Gasteiger partial charge < -0.3 is 5.32 Å². The van der Waals surface area contributed by atoms with Crippen LogP contribution in [-0.2, 0) is 14.1 Å². The van der Waals surface area contributed by atoms with Crippen LogP contribution in [0, 0.1) is 27.7 Å². The van der Waals surface area contributed by atoms with Crippen molar-refractivity contribution < 1.29 is 0 Å². The summed E-state index contributed by atoms with van der Waals surface area (Å²) >= 11 is 11.2. The maximum Gasteiger partial charge on any atom is 0.224 e. The summed E-state index contributed by atoms with van der Waals surface area (Å²) in [6, 6.07) is 15.8. The third-order valence-electron chi connectivity index (χ3n) is 6.06. The van der Waals surface area contributed by atoms with Gasteiger partial charge in [0, 0.05) is 54.3 Å². The Labute approximate surface area is 236 Å². The second-order valence-electron chi connectivity index (χ2n) is 8.93. The first-order valence-corrected chi connectivity index (χ1v) is 12.9. The van der Waals surface area contributed by atoms with E-state index in [1.54, 1.807) is 31.5 Å². The van der Waals surface area contributed by atoms with E-state index in [0.29, 0.717) is 16.8 Å². The lowest BCUT2D eigenvalue weighted by atomic mass is 10.1. The van der Waals surface area contributed by atoms with Gasteiger partial charge in [-0.1, -0.05) is 23.7 Å². The number of aromatic nitrogens is 8. The van der Waals surface area contributed by atoms with E-state index >= 15 is 0 Å². The van der Waals surface area contributed by atoms with Crippen molar-refractivity contribution in [2.45, 2.75) is 27.7 Å². The summed E-state index contributed by atoms with van der Waals surface area (Å²) in [4.78, 5) is 15.6. The molecule has 11 heteroatoms. The standard InChI is InChI=1S/C13H12ClN5.C10H12N2.C5H5ClN2/c1-8-10-4-3-9(7-11(10)18-19(8)2)16-12-5-6-15-13(14)17-12;1-7-4-5-9-8(2)12(3)11-10(9)6-7;1-4-7-3-2-5(6)8-4/h3-7H,1-2H3,(H,15,16,17);4-6H,1-3H3;2-3H,1H3. The second-order valence-corrected chi connectivity index (χ2v) is 9.66. The van der Waals surface area contributed by atoms with Gasteiger partial charge in [0.1, 0.15) is 16.8 Å². The molecule has 0 saturated heterocycles. The highest BCUT2D eigenvalue weighted by Gasteiger charge is 2.06. The van der Waals surface area contributed by atoms with Crippen molar-refractivity contribution in [3.05, 3.63) is 94.1 Å². The van der Waals surface area contributed by atoms with E-state index in [1.807, 2.05) is 48.6 Å². The van der Waals surface area contributed by atoms with Gasteiger partial charge >= 0.3 is 0 Å². The molecule has 9 nitrogen and oxygen atoms in total. The lowest BCUT2D eigenvalue weighted by Gasteiger charge is -2.05. The van der Waals surface area contributed by atoms with Gasteiger partial charge in [-0.3, -0.25) is 9.36 Å². The number of hydrogen-bond acceptors (Lipinski definition) is 7. The van der Waals surface area contributed by atoms with Gasteiger partial charge in [0.2, 0.25) is 5.28 Å². The maximum absolute atomic E-state index is 5.75. The normalized spacial score (nSPS) is 10.6. The SMILES string of the molecule is Cc1c2ccc(Nc3ccnc(Cl)n3)cc2nn1C.Cc1ccc2c(C)n(C)nc2c1.Cc1nccc(Cl)n1. The molecule has 1 N–H and O–H groups in total. The second kappa shape index (κ2) is 12.2. The van der Waals surface area contributed by atoms with Gasteiger partial charge in [0.05, 0.1) is 11.0 Å². The minimum Gasteiger partial charge on any atom is -0.340 e. The first-order valence-electron chi connectivity index (χ1n) is 12.1. The number of nitrogens with one attached hydrogen (secondary N) is 1. The number of benzene rings is 2. The lowest BCUT2D eigenvalue weighted by Crippen LogP contribution is -1.94. The Balaban J connectivity index is 0.000000150. The molecular weight excluding hydrogens is 533 g/mol. The van der Waals surface area contributed by atoms with Crippen molar-refractivity contribution in [1.82, 2.24) is 39.5 Å². The van der Waals surface area contributed by atoms with Gasteiger partial charge in [-0.25, -0.2) is 19.9 Å². The molecule has 2 aromatic carbocycles. The minimum absolute atomic E-state index is 0.222. The van der Waals surface area contributed by atoms with Gasteiger partial charge in [0.15, 0.2) is 0 Å². The Bertz CT molecular complexity index is 1720. The molecule has 6 rings (SSSR count). The zero-order valence-corrected chi connectivity index (χ0v) is 24.1. The van der Waals surface area contributed by atoms with E-state index in [4.69, 9.17) is 23.2 Å². The monoisotopic (exact) mass is 561 g/mol. The minimum atomic E-state index is 0.222. The zero-order chi connectivity index (χ0) is 28.1. The molecule has 0 bridgehead atoms. The van der Waals surface area contributed by atoms with Crippen LogP contribution in [0.4, 0.5) is 11.5 Å². The maximum atomic E-state index is 5.75. The molecule has 200 valence electrons. The van der Waals surface area contributed by atoms with E-state index in [2.05, 4.69) is 67.5 Å². The number of nitrogens with zero attached hydrogens (tertiary/aromatic N) is 8. The molecule has 0 aliphatic carbocycles. The Morgan fingerprint density at radius 3 is 1.90 bits per heavy atom. The fraction of sp³-hybridized carbons (Fsp3) is 0.214. The fourth-order valence-electron chi connectivity index (χ4n) is 3.83. The summed E-state index contributed by atoms with van der Waals surface area (Å²) in [6.07, 6.45) is 3.24. The quantitative estimate of drug-likeness (QED) is 0.185. The van der Waals surface area contributed by atoms with Crippen LogP contribution in [0.15, 0.2) is 60.9 Å². The van der Waals surface area contributed by atoms with Crippen LogP contribution >= 0.6 is 23.2 Å². The molecule has 0 spiro atoms. The van der Waals surface area contributed by atoms with Crippen molar-refractivity contribution in [1.29, 1.82) is 0 Å². The summed E-state index contributed by atoms with van der Waals surface area (Å²) in [5.41, 5.74) is 6.60. The predicted molar refractivity (Wildman–Crippen MR) is 158 cm³/mol. The number of anilines is 2. The van der Waals surface area contributed by atoms with E-state index in [9.17, 15) is 0 Å². The average Bonchev–Trinajstić information content (AvgIpc) is 3.32. The van der Waals surface area contributed by atoms with Crippen LogP contribution in [0.5, 0.6) is 0 Å². The number of fused-ring (bicyclic) bond motifs is 2. The molecule has 4 aromatic heterocycles. The highest BCUT2D eigenvalue weighted by Crippen LogP contribution is 2.23. The van der Waals surface area contributed by atoms with Crippen LogP contribution < -0.4 is 5.32 Å². The Kier molecular flexibility index (Phi) is 8.73. The van der Waals surface area contributed by atoms with E-state index < -0.39 is 0 Å². The molecule has 39 heavy (non-hydrogen) atoms. The van der Waals surface area contributed by atoms with Crippen molar-refractivity contribution >= 4 is 56.5 Å². The highest BCUT2D eigenvalue weighted by atomic mass is 35.5. The lowest BCUT2D eigenvalue weighted by molar-refractivity contribution is 0.751. The number of rotatable bonds is 2. The van der Waals surface area contributed by atoms with Crippen LogP contribution in [-0.4, -0.2) is 39.5 Å². The van der Waals surface area contributed by atoms with Crippen molar-refractivity contribution in [2.75, 3.05) is 5.32 Å². The zero-order valence-electron chi connectivity index (χ0n) is 22.6. The summed E-state index contributed by atoms with van der Waals surface area (Å²) in [7, 11) is 3.91. The van der Waals surface area contributed by atoms with Crippen molar-refractivity contribution in [3.8, 4) is 0 Å². The van der Waals surface area contributed by atoms with Gasteiger partial charge in [-0.15, -0.1) is 0 Å². The third kappa shape index (κ3) is 7.07. The molecule has 0 unspecified atom stereocenters. The number of halogens is 2. The average molecular weight is 563 g/mol. The summed E-state index contributed by atoms with van der Waals surface area (Å²) in [6.45, 7) is 8.02. The highest BCUT2D eigenvalue weighted by molar-refractivity contribution is 6.29. The summed E-state index contributed by atoms with van der Waals surface area (Å²) in [5, 5.41) is 15.1. The van der Waals surface area contributed by atoms with Crippen LogP contribution in [0.3, 0.4) is 0 Å². The molecular formula is C28H29Cl2N9. The molecule has 6 aromatic rings. The van der Waals surface area contributed by atoms with Crippen molar-refractivity contribution in [2.24, 2.45) is 14.1 Å². The fourth-order valence-corrected chi connectivity index (χ4v) is 4.16. The van der Waals surface area contributed by atoms with E-state index in [-0.39, 0.29) is 5.28 Å². The van der Waals surface area contributed by atoms with Gasteiger partial charge in [-0.2, -0.15) is 10.2 Å². The molecule has 0 atom stereocenters. The Morgan fingerprint density at radius 1 is 0.692 bits per heavy atom. The Hall–Kier alpha value is -4.08. The molecule has 0 saturated carbocycles. The smallest absolute Gasteiger partial charge is 0.224 e. The summed E-state index contributed by atoms with van der Waals surface area (Å²) < 4.78 is 3.79. The van der Waals surface area contributed by atoms with Gasteiger partial charge in [0.25, 0.3) is 0 Å². The van der Waals surface area contributed by atoms with E-state index in [1.165, 1.54) is 16.6 Å². The number of hydrogen-bond donors (Lipinski definition) is 1. The summed E-state index contributed by atoms with van der Waals surface area (Å²) in [5.74, 6) is 1.37. The first-order chi connectivity index (χ1) is 18.6. The van der Waals surface area contributed by atoms with Crippen LogP contribution in [0.1, 0.15) is 22.8 Å². The van der Waals surface area contributed by atoms with Crippen LogP contribution in [0.25, 0.3) is 21.8 Å². The number of aryl methyl sites for hydroxylation is 6. The van der Waals surface area contributed by atoms with Gasteiger partial charge in [-0.05, 0) is 81.3 Å².